The second-order valence-corrected chi connectivity index (χ2v) is 4.08. The maximum atomic E-state index is 5.75. The van der Waals surface area contributed by atoms with Crippen molar-refractivity contribution in [3.63, 3.8) is 0 Å². The molecule has 6 heteroatoms. The lowest BCUT2D eigenvalue weighted by Gasteiger charge is -2.18. The largest absolute Gasteiger partial charge is 0.368 e. The van der Waals surface area contributed by atoms with Gasteiger partial charge in [-0.1, -0.05) is 6.07 Å². The number of nitrogens with two attached hydrogens (primary N) is 1. The molecule has 0 aromatic carbocycles. The van der Waals surface area contributed by atoms with E-state index in [4.69, 9.17) is 5.73 Å². The van der Waals surface area contributed by atoms with Crippen LogP contribution in [0.3, 0.4) is 0 Å². The summed E-state index contributed by atoms with van der Waals surface area (Å²) in [6, 6.07) is 5.77. The highest BCUT2D eigenvalue weighted by Crippen LogP contribution is 2.11. The van der Waals surface area contributed by atoms with Gasteiger partial charge in [0.05, 0.1) is 6.42 Å². The minimum Gasteiger partial charge on any atom is -0.368 e. The normalized spacial score (nSPS) is 10.4. The van der Waals surface area contributed by atoms with Gasteiger partial charge in [-0.3, -0.25) is 4.98 Å². The molecule has 0 spiro atoms. The lowest BCUT2D eigenvalue weighted by atomic mass is 10.2. The third-order valence-electron chi connectivity index (χ3n) is 2.80. The summed E-state index contributed by atoms with van der Waals surface area (Å²) in [6.07, 6.45) is 2.31. The van der Waals surface area contributed by atoms with E-state index in [-0.39, 0.29) is 5.95 Å². The smallest absolute Gasteiger partial charge is 0.230 e. The predicted octanol–water partition coefficient (Wildman–Crippen LogP) is 1.29. The molecule has 19 heavy (non-hydrogen) atoms. The molecule has 0 fully saturated rings. The highest BCUT2D eigenvalue weighted by Gasteiger charge is 2.10. The van der Waals surface area contributed by atoms with Crippen LogP contribution in [0.15, 0.2) is 24.4 Å². The molecule has 0 aliphatic rings. The fourth-order valence-electron chi connectivity index (χ4n) is 1.82. The van der Waals surface area contributed by atoms with E-state index in [0.717, 1.165) is 18.8 Å². The third kappa shape index (κ3) is 3.37. The van der Waals surface area contributed by atoms with Crippen molar-refractivity contribution in [2.24, 2.45) is 0 Å². The zero-order chi connectivity index (χ0) is 13.7. The first kappa shape index (κ1) is 13.2. The van der Waals surface area contributed by atoms with Gasteiger partial charge in [-0.15, -0.1) is 0 Å². The Labute approximate surface area is 112 Å². The molecule has 6 nitrogen and oxygen atoms in total. The van der Waals surface area contributed by atoms with E-state index in [1.165, 1.54) is 0 Å². The molecule has 2 heterocycles. The summed E-state index contributed by atoms with van der Waals surface area (Å²) < 4.78 is 0. The average Bonchev–Trinajstić information content (AvgIpc) is 2.40. The van der Waals surface area contributed by atoms with Gasteiger partial charge in [0.1, 0.15) is 5.82 Å². The van der Waals surface area contributed by atoms with E-state index in [1.54, 1.807) is 6.20 Å². The van der Waals surface area contributed by atoms with Gasteiger partial charge in [-0.2, -0.15) is 15.0 Å². The van der Waals surface area contributed by atoms with E-state index in [1.807, 2.05) is 23.1 Å². The van der Waals surface area contributed by atoms with Crippen LogP contribution < -0.4 is 10.6 Å². The van der Waals surface area contributed by atoms with Crippen molar-refractivity contribution in [3.05, 3.63) is 35.9 Å². The van der Waals surface area contributed by atoms with Crippen LogP contribution in [0.1, 0.15) is 25.4 Å². The fourth-order valence-corrected chi connectivity index (χ4v) is 1.82. The van der Waals surface area contributed by atoms with Crippen LogP contribution in [0.25, 0.3) is 0 Å². The Hall–Kier alpha value is -2.24. The minimum absolute atomic E-state index is 0.253. The number of pyridine rings is 1. The average molecular weight is 258 g/mol. The number of anilines is 2. The number of nitrogens with zero attached hydrogens (tertiary/aromatic N) is 5. The molecule has 2 rings (SSSR count). The highest BCUT2D eigenvalue weighted by atomic mass is 15.3. The van der Waals surface area contributed by atoms with Crippen molar-refractivity contribution in [3.8, 4) is 0 Å². The summed E-state index contributed by atoms with van der Waals surface area (Å²) in [4.78, 5) is 19.1. The summed E-state index contributed by atoms with van der Waals surface area (Å²) in [6.45, 7) is 5.79. The quantitative estimate of drug-likeness (QED) is 0.870. The summed E-state index contributed by atoms with van der Waals surface area (Å²) in [7, 11) is 0. The van der Waals surface area contributed by atoms with E-state index in [2.05, 4.69) is 33.8 Å². The van der Waals surface area contributed by atoms with Crippen molar-refractivity contribution in [1.82, 2.24) is 19.9 Å². The standard InChI is InChI=1S/C13H18N6/c1-3-19(4-2)13-17-11(16-12(14)18-13)9-10-7-5-6-8-15-10/h5-8H,3-4,9H2,1-2H3,(H2,14,16,17,18). The molecule has 0 bridgehead atoms. The number of rotatable bonds is 5. The second kappa shape index (κ2) is 6.08. The van der Waals surface area contributed by atoms with Crippen molar-refractivity contribution >= 4 is 11.9 Å². The summed E-state index contributed by atoms with van der Waals surface area (Å²) in [5, 5.41) is 0. The molecular weight excluding hydrogens is 240 g/mol. The number of hydrogen-bond acceptors (Lipinski definition) is 6. The summed E-state index contributed by atoms with van der Waals surface area (Å²) in [5.41, 5.74) is 6.67. The summed E-state index contributed by atoms with van der Waals surface area (Å²) in [5.74, 6) is 1.53. The molecule has 0 radical (unpaired) electrons. The number of hydrogen-bond donors (Lipinski definition) is 1. The second-order valence-electron chi connectivity index (χ2n) is 4.08. The lowest BCUT2D eigenvalue weighted by molar-refractivity contribution is 0.794. The van der Waals surface area contributed by atoms with E-state index in [0.29, 0.717) is 18.2 Å². The molecule has 0 unspecified atom stereocenters. The maximum Gasteiger partial charge on any atom is 0.230 e. The van der Waals surface area contributed by atoms with Crippen LogP contribution in [0.4, 0.5) is 11.9 Å². The van der Waals surface area contributed by atoms with E-state index >= 15 is 0 Å². The third-order valence-corrected chi connectivity index (χ3v) is 2.80. The molecule has 2 aromatic heterocycles. The zero-order valence-corrected chi connectivity index (χ0v) is 11.2. The first-order chi connectivity index (χ1) is 9.22. The van der Waals surface area contributed by atoms with Crippen LogP contribution >= 0.6 is 0 Å². The monoisotopic (exact) mass is 258 g/mol. The van der Waals surface area contributed by atoms with Crippen molar-refractivity contribution in [2.75, 3.05) is 23.7 Å². The van der Waals surface area contributed by atoms with Gasteiger partial charge in [0.15, 0.2) is 0 Å². The van der Waals surface area contributed by atoms with E-state index in [9.17, 15) is 0 Å². The molecule has 0 aliphatic carbocycles. The first-order valence-corrected chi connectivity index (χ1v) is 6.38. The fraction of sp³-hybridized carbons (Fsp3) is 0.385. The van der Waals surface area contributed by atoms with Gasteiger partial charge < -0.3 is 10.6 Å². The zero-order valence-electron chi connectivity index (χ0n) is 11.2. The molecule has 0 saturated heterocycles. The Bertz CT molecular complexity index is 524. The van der Waals surface area contributed by atoms with Crippen LogP contribution in [-0.2, 0) is 6.42 Å². The maximum absolute atomic E-state index is 5.75. The molecular formula is C13H18N6. The van der Waals surface area contributed by atoms with Crippen LogP contribution in [0.2, 0.25) is 0 Å². The van der Waals surface area contributed by atoms with Crippen LogP contribution in [-0.4, -0.2) is 33.0 Å². The Morgan fingerprint density at radius 3 is 2.53 bits per heavy atom. The minimum atomic E-state index is 0.253. The molecule has 2 N–H and O–H groups in total. The van der Waals surface area contributed by atoms with Gasteiger partial charge in [0.2, 0.25) is 11.9 Å². The molecule has 0 amide bonds. The van der Waals surface area contributed by atoms with Crippen molar-refractivity contribution < 1.29 is 0 Å². The Kier molecular flexibility index (Phi) is 4.22. The van der Waals surface area contributed by atoms with Crippen LogP contribution in [0, 0.1) is 0 Å². The lowest BCUT2D eigenvalue weighted by Crippen LogP contribution is -2.25. The Morgan fingerprint density at radius 1 is 1.11 bits per heavy atom. The van der Waals surface area contributed by atoms with E-state index < -0.39 is 0 Å². The number of aromatic nitrogens is 4. The first-order valence-electron chi connectivity index (χ1n) is 6.38. The Balaban J connectivity index is 2.26. The topological polar surface area (TPSA) is 80.8 Å². The molecule has 0 atom stereocenters. The van der Waals surface area contributed by atoms with Gasteiger partial charge in [0, 0.05) is 25.0 Å². The summed E-state index contributed by atoms with van der Waals surface area (Å²) >= 11 is 0. The molecule has 2 aromatic rings. The highest BCUT2D eigenvalue weighted by molar-refractivity contribution is 5.34. The van der Waals surface area contributed by atoms with Crippen molar-refractivity contribution in [2.45, 2.75) is 20.3 Å². The van der Waals surface area contributed by atoms with Gasteiger partial charge in [-0.05, 0) is 26.0 Å². The predicted molar refractivity (Wildman–Crippen MR) is 74.8 cm³/mol. The van der Waals surface area contributed by atoms with Crippen LogP contribution in [0.5, 0.6) is 0 Å². The molecule has 0 aliphatic heterocycles. The number of nitrogen functional groups attached to an aromatic ring is 1. The SMILES string of the molecule is CCN(CC)c1nc(N)nc(Cc2ccccn2)n1. The van der Waals surface area contributed by atoms with Crippen molar-refractivity contribution in [1.29, 1.82) is 0 Å². The molecule has 100 valence electrons. The van der Waals surface area contributed by atoms with Gasteiger partial charge in [0.25, 0.3) is 0 Å². The Morgan fingerprint density at radius 2 is 1.89 bits per heavy atom. The molecule has 0 saturated carbocycles. The van der Waals surface area contributed by atoms with Gasteiger partial charge in [-0.25, -0.2) is 0 Å². The van der Waals surface area contributed by atoms with Gasteiger partial charge >= 0.3 is 0 Å².